The number of nitrogens with zero attached hydrogens (tertiary/aromatic N) is 2. The minimum absolute atomic E-state index is 0.0657. The van der Waals surface area contributed by atoms with Crippen LogP contribution in [-0.4, -0.2) is 53.4 Å². The van der Waals surface area contributed by atoms with Gasteiger partial charge in [-0.1, -0.05) is 30.3 Å². The number of anilines is 1. The number of carbonyl (C=O) groups is 2. The van der Waals surface area contributed by atoms with Gasteiger partial charge in [-0.3, -0.25) is 4.79 Å². The first-order valence-corrected chi connectivity index (χ1v) is 9.90. The van der Waals surface area contributed by atoms with Crippen LogP contribution in [0.15, 0.2) is 59.5 Å². The summed E-state index contributed by atoms with van der Waals surface area (Å²) in [5.74, 6) is -0.0974. The molecule has 29 heavy (non-hydrogen) atoms. The van der Waals surface area contributed by atoms with Crippen molar-refractivity contribution in [1.29, 1.82) is 0 Å². The third kappa shape index (κ3) is 5.90. The van der Waals surface area contributed by atoms with E-state index in [1.807, 2.05) is 6.07 Å². The molecule has 1 aliphatic heterocycles. The molecule has 154 valence electrons. The molecule has 1 heterocycles. The number of nitrogens with one attached hydrogen (secondary N) is 1. The van der Waals surface area contributed by atoms with E-state index in [-0.39, 0.29) is 28.3 Å². The Labute approximate surface area is 170 Å². The quantitative estimate of drug-likeness (QED) is 0.730. The lowest BCUT2D eigenvalue weighted by Crippen LogP contribution is -2.39. The Hall–Kier alpha value is -2.68. The zero-order valence-corrected chi connectivity index (χ0v) is 16.3. The fraction of sp³-hybridized carbons (Fsp3) is 0.300. The van der Waals surface area contributed by atoms with Gasteiger partial charge in [0.2, 0.25) is 0 Å². The highest BCUT2D eigenvalue weighted by atomic mass is 32.2. The molecule has 3 rings (SSSR count). The van der Waals surface area contributed by atoms with Gasteiger partial charge < -0.3 is 15.1 Å². The molecule has 0 saturated carbocycles. The summed E-state index contributed by atoms with van der Waals surface area (Å²) >= 11 is -0.264. The van der Waals surface area contributed by atoms with Crippen LogP contribution in [0.1, 0.15) is 16.8 Å². The third-order valence-electron chi connectivity index (χ3n) is 4.45. The van der Waals surface area contributed by atoms with Crippen molar-refractivity contribution in [3.8, 4) is 0 Å². The van der Waals surface area contributed by atoms with Crippen LogP contribution in [0.4, 0.5) is 23.7 Å². The monoisotopic (exact) mass is 423 g/mol. The summed E-state index contributed by atoms with van der Waals surface area (Å²) < 4.78 is 38.2. The van der Waals surface area contributed by atoms with Gasteiger partial charge in [-0.05, 0) is 42.4 Å². The third-order valence-corrected chi connectivity index (χ3v) is 5.25. The predicted octanol–water partition coefficient (Wildman–Crippen LogP) is 4.68. The highest BCUT2D eigenvalue weighted by Gasteiger charge is 2.31. The number of halogens is 3. The number of carbonyl (C=O) groups excluding carboxylic acids is 2. The van der Waals surface area contributed by atoms with Crippen molar-refractivity contribution < 1.29 is 22.8 Å². The second-order valence-electron chi connectivity index (χ2n) is 6.47. The fourth-order valence-electron chi connectivity index (χ4n) is 3.06. The molecule has 2 aromatic rings. The maximum absolute atomic E-state index is 12.7. The van der Waals surface area contributed by atoms with Crippen LogP contribution in [0, 0.1) is 0 Å². The lowest BCUT2D eigenvalue weighted by atomic mass is 10.2. The van der Waals surface area contributed by atoms with Gasteiger partial charge in [0.25, 0.3) is 5.91 Å². The minimum atomic E-state index is -4.44. The number of para-hydroxylation sites is 1. The molecule has 1 N–H and O–H groups in total. The summed E-state index contributed by atoms with van der Waals surface area (Å²) in [5.41, 5.74) is -3.74. The molecule has 1 saturated heterocycles. The summed E-state index contributed by atoms with van der Waals surface area (Å²) in [5, 5.41) is 2.57. The summed E-state index contributed by atoms with van der Waals surface area (Å²) in [7, 11) is 0. The molecule has 1 fully saturated rings. The average Bonchev–Trinajstić information content (AvgIpc) is 2.95. The van der Waals surface area contributed by atoms with Crippen LogP contribution in [0.2, 0.25) is 0 Å². The fourth-order valence-corrected chi connectivity index (χ4v) is 3.69. The maximum Gasteiger partial charge on any atom is 0.446 e. The van der Waals surface area contributed by atoms with E-state index in [0.29, 0.717) is 38.2 Å². The Balaban J connectivity index is 1.62. The Kier molecular flexibility index (Phi) is 6.68. The number of hydrogen-bond donors (Lipinski definition) is 1. The Morgan fingerprint density at radius 2 is 1.48 bits per heavy atom. The second-order valence-corrected chi connectivity index (χ2v) is 7.58. The highest BCUT2D eigenvalue weighted by Crippen LogP contribution is 2.40. The van der Waals surface area contributed by atoms with Gasteiger partial charge in [-0.2, -0.15) is 13.2 Å². The van der Waals surface area contributed by atoms with Crippen LogP contribution in [0.3, 0.4) is 0 Å². The number of alkyl halides is 3. The molecule has 0 atom stereocenters. The van der Waals surface area contributed by atoms with E-state index in [0.717, 1.165) is 0 Å². The van der Waals surface area contributed by atoms with Gasteiger partial charge in [0, 0.05) is 36.6 Å². The van der Waals surface area contributed by atoms with E-state index in [4.69, 9.17) is 0 Å². The molecule has 2 aromatic carbocycles. The van der Waals surface area contributed by atoms with Crippen molar-refractivity contribution in [2.24, 2.45) is 0 Å². The molecule has 0 aromatic heterocycles. The summed E-state index contributed by atoms with van der Waals surface area (Å²) in [6.07, 6.45) is 0.588. The van der Waals surface area contributed by atoms with E-state index >= 15 is 0 Å². The first-order chi connectivity index (χ1) is 13.8. The Morgan fingerprint density at radius 3 is 2.21 bits per heavy atom. The molecule has 9 heteroatoms. The van der Waals surface area contributed by atoms with E-state index in [1.54, 1.807) is 35.2 Å². The van der Waals surface area contributed by atoms with Crippen LogP contribution in [0.25, 0.3) is 0 Å². The van der Waals surface area contributed by atoms with Crippen molar-refractivity contribution in [2.75, 3.05) is 31.5 Å². The van der Waals surface area contributed by atoms with Crippen LogP contribution < -0.4 is 5.32 Å². The van der Waals surface area contributed by atoms with Gasteiger partial charge >= 0.3 is 11.5 Å². The van der Waals surface area contributed by atoms with E-state index in [2.05, 4.69) is 5.32 Å². The number of urea groups is 1. The topological polar surface area (TPSA) is 52.7 Å². The number of thioether (sulfide) groups is 1. The molecule has 0 spiro atoms. The first kappa shape index (κ1) is 21.0. The van der Waals surface area contributed by atoms with Gasteiger partial charge in [-0.15, -0.1) is 0 Å². The lowest BCUT2D eigenvalue weighted by molar-refractivity contribution is -0.0328. The van der Waals surface area contributed by atoms with Crippen molar-refractivity contribution in [3.05, 3.63) is 60.2 Å². The largest absolute Gasteiger partial charge is 0.446 e. The highest BCUT2D eigenvalue weighted by molar-refractivity contribution is 8.00. The molecule has 0 aliphatic carbocycles. The molecule has 0 radical (unpaired) electrons. The van der Waals surface area contributed by atoms with Crippen LogP contribution >= 0.6 is 11.8 Å². The summed E-state index contributed by atoms with van der Waals surface area (Å²) in [6, 6.07) is 14.2. The van der Waals surface area contributed by atoms with Crippen LogP contribution in [-0.2, 0) is 0 Å². The van der Waals surface area contributed by atoms with Gasteiger partial charge in [0.1, 0.15) is 0 Å². The predicted molar refractivity (Wildman–Crippen MR) is 106 cm³/mol. The Bertz CT molecular complexity index is 862. The molecular weight excluding hydrogens is 403 g/mol. The number of benzene rings is 2. The SMILES string of the molecule is O=C(Nc1ccccc1SC(F)(F)F)N1CCCN(C(=O)c2ccccc2)CC1. The smallest absolute Gasteiger partial charge is 0.337 e. The summed E-state index contributed by atoms with van der Waals surface area (Å²) in [4.78, 5) is 28.3. The van der Waals surface area contributed by atoms with Gasteiger partial charge in [-0.25, -0.2) is 4.79 Å². The van der Waals surface area contributed by atoms with Gasteiger partial charge in [0.05, 0.1) is 5.69 Å². The summed E-state index contributed by atoms with van der Waals surface area (Å²) in [6.45, 7) is 1.59. The lowest BCUT2D eigenvalue weighted by Gasteiger charge is -2.23. The van der Waals surface area contributed by atoms with E-state index in [1.165, 1.54) is 23.1 Å². The number of rotatable bonds is 3. The molecule has 0 unspecified atom stereocenters. The minimum Gasteiger partial charge on any atom is -0.337 e. The van der Waals surface area contributed by atoms with E-state index < -0.39 is 11.5 Å². The molecule has 5 nitrogen and oxygen atoms in total. The van der Waals surface area contributed by atoms with Crippen molar-refractivity contribution in [1.82, 2.24) is 9.80 Å². The Morgan fingerprint density at radius 1 is 0.862 bits per heavy atom. The van der Waals surface area contributed by atoms with Gasteiger partial charge in [0.15, 0.2) is 0 Å². The van der Waals surface area contributed by atoms with Crippen molar-refractivity contribution in [3.63, 3.8) is 0 Å². The number of hydrogen-bond acceptors (Lipinski definition) is 3. The van der Waals surface area contributed by atoms with Crippen LogP contribution in [0.5, 0.6) is 0 Å². The molecule has 3 amide bonds. The normalized spacial score (nSPS) is 15.0. The van der Waals surface area contributed by atoms with Crippen molar-refractivity contribution >= 4 is 29.4 Å². The zero-order valence-electron chi connectivity index (χ0n) is 15.5. The first-order valence-electron chi connectivity index (χ1n) is 9.08. The maximum atomic E-state index is 12.7. The second kappa shape index (κ2) is 9.21. The van der Waals surface area contributed by atoms with Crippen molar-refractivity contribution in [2.45, 2.75) is 16.8 Å². The average molecular weight is 423 g/mol. The van der Waals surface area contributed by atoms with E-state index in [9.17, 15) is 22.8 Å². The number of amides is 3. The standard InChI is InChI=1S/C20H20F3N3O2S/c21-20(22,23)29-17-10-5-4-9-16(17)24-19(28)26-12-6-11-25(13-14-26)18(27)15-7-2-1-3-8-15/h1-5,7-10H,6,11-14H2,(H,24,28). The zero-order chi connectivity index (χ0) is 20.9. The molecule has 1 aliphatic rings. The molecular formula is C20H20F3N3O2S. The molecule has 0 bridgehead atoms.